The van der Waals surface area contributed by atoms with Crippen LogP contribution in [-0.2, 0) is 6.42 Å². The fraction of sp³-hybridized carbons (Fsp3) is 0.0870. The number of nitrogens with zero attached hydrogens (tertiary/aromatic N) is 1. The number of hydrogen-bond acceptors (Lipinski definition) is 4. The van der Waals surface area contributed by atoms with E-state index in [4.69, 9.17) is 16.5 Å². The third-order valence-corrected chi connectivity index (χ3v) is 4.70. The van der Waals surface area contributed by atoms with Crippen molar-refractivity contribution in [2.45, 2.75) is 6.42 Å². The summed E-state index contributed by atoms with van der Waals surface area (Å²) in [6.45, 7) is 0.614. The Bertz CT molecular complexity index is 1130. The number of aromatic hydroxyl groups is 1. The molecule has 4 rings (SSSR count). The summed E-state index contributed by atoms with van der Waals surface area (Å²) in [5, 5.41) is 11.5. The highest BCUT2D eigenvalue weighted by Crippen LogP contribution is 2.32. The number of rotatable bonds is 5. The number of fused-ring (bicyclic) bond motifs is 1. The van der Waals surface area contributed by atoms with E-state index in [2.05, 4.69) is 4.98 Å². The molecule has 0 spiro atoms. The number of nitrogens with two attached hydrogens (primary N) is 2. The molecule has 28 heavy (non-hydrogen) atoms. The van der Waals surface area contributed by atoms with Gasteiger partial charge in [-0.15, -0.1) is 0 Å². The van der Waals surface area contributed by atoms with Crippen LogP contribution in [-0.4, -0.2) is 22.3 Å². The van der Waals surface area contributed by atoms with Crippen molar-refractivity contribution in [2.75, 3.05) is 12.3 Å². The zero-order chi connectivity index (χ0) is 19.5. The molecule has 0 amide bonds. The molecule has 0 bridgehead atoms. The van der Waals surface area contributed by atoms with Gasteiger partial charge < -0.3 is 21.6 Å². The molecular weight excluding hydrogens is 348 g/mol. The Labute approximate surface area is 163 Å². The van der Waals surface area contributed by atoms with Crippen LogP contribution in [0.25, 0.3) is 10.9 Å². The van der Waals surface area contributed by atoms with Gasteiger partial charge in [-0.1, -0.05) is 42.5 Å². The molecule has 0 aliphatic heterocycles. The lowest BCUT2D eigenvalue weighted by molar-refractivity contribution is 0.457. The number of H-pyrrole nitrogens is 1. The van der Waals surface area contributed by atoms with E-state index in [0.717, 1.165) is 28.6 Å². The highest BCUT2D eigenvalue weighted by atomic mass is 16.3. The normalized spacial score (nSPS) is 11.8. The molecule has 0 saturated heterocycles. The van der Waals surface area contributed by atoms with Crippen LogP contribution in [0.3, 0.4) is 0 Å². The summed E-state index contributed by atoms with van der Waals surface area (Å²) >= 11 is 0. The number of nitrogens with one attached hydrogen (secondary N) is 1. The van der Waals surface area contributed by atoms with Crippen molar-refractivity contribution in [1.82, 2.24) is 4.98 Å². The number of aromatic amines is 1. The minimum Gasteiger partial charge on any atom is -0.494 e. The highest BCUT2D eigenvalue weighted by Gasteiger charge is 2.18. The van der Waals surface area contributed by atoms with Crippen molar-refractivity contribution in [1.29, 1.82) is 0 Å². The van der Waals surface area contributed by atoms with Gasteiger partial charge >= 0.3 is 0 Å². The van der Waals surface area contributed by atoms with Gasteiger partial charge in [0.25, 0.3) is 0 Å². The number of aliphatic imine (C=N–C) groups is 1. The topological polar surface area (TPSA) is 100 Å². The van der Waals surface area contributed by atoms with Crippen molar-refractivity contribution >= 4 is 28.0 Å². The zero-order valence-corrected chi connectivity index (χ0v) is 15.4. The average Bonchev–Trinajstić information content (AvgIpc) is 3.03. The van der Waals surface area contributed by atoms with Gasteiger partial charge in [-0.3, -0.25) is 0 Å². The smallest absolute Gasteiger partial charge is 0.199 e. The molecule has 0 saturated carbocycles. The summed E-state index contributed by atoms with van der Waals surface area (Å²) in [5.74, 6) is 0.0722. The maximum atomic E-state index is 10.7. The number of anilines is 1. The van der Waals surface area contributed by atoms with Gasteiger partial charge in [-0.05, 0) is 48.9 Å². The molecule has 1 heterocycles. The lowest BCUT2D eigenvalue weighted by Gasteiger charge is -2.08. The number of nitrogen functional groups attached to an aromatic ring is 1. The zero-order valence-electron chi connectivity index (χ0n) is 15.4. The maximum Gasteiger partial charge on any atom is 0.199 e. The van der Waals surface area contributed by atoms with Gasteiger partial charge in [0.1, 0.15) is 0 Å². The first-order valence-corrected chi connectivity index (χ1v) is 9.19. The molecule has 6 N–H and O–H groups in total. The fourth-order valence-corrected chi connectivity index (χ4v) is 3.33. The molecule has 4 aromatic rings. The molecule has 1 aromatic heterocycles. The number of benzene rings is 3. The predicted octanol–water partition coefficient (Wildman–Crippen LogP) is 4.13. The van der Waals surface area contributed by atoms with E-state index in [0.29, 0.717) is 23.5 Å². The summed E-state index contributed by atoms with van der Waals surface area (Å²) in [5.41, 5.74) is 17.3. The first-order chi connectivity index (χ1) is 13.7. The third-order valence-electron chi connectivity index (χ3n) is 4.70. The summed E-state index contributed by atoms with van der Waals surface area (Å²) in [6, 6.07) is 23.3. The molecule has 0 aliphatic carbocycles. The van der Waals surface area contributed by atoms with Crippen LogP contribution in [0.15, 0.2) is 77.8 Å². The van der Waals surface area contributed by atoms with E-state index < -0.39 is 0 Å². The van der Waals surface area contributed by atoms with Gasteiger partial charge in [0.2, 0.25) is 0 Å². The van der Waals surface area contributed by atoms with Gasteiger partial charge in [0.15, 0.2) is 5.88 Å². The molecule has 0 radical (unpaired) electrons. The summed E-state index contributed by atoms with van der Waals surface area (Å²) in [7, 11) is 0. The largest absolute Gasteiger partial charge is 0.494 e. The minimum atomic E-state index is 0.0722. The molecule has 0 unspecified atom stereocenters. The Morgan fingerprint density at radius 2 is 1.71 bits per heavy atom. The van der Waals surface area contributed by atoms with Crippen molar-refractivity contribution in [2.24, 2.45) is 10.7 Å². The van der Waals surface area contributed by atoms with E-state index in [9.17, 15) is 5.11 Å². The molecule has 5 heteroatoms. The van der Waals surface area contributed by atoms with Gasteiger partial charge in [-0.2, -0.15) is 0 Å². The first-order valence-electron chi connectivity index (χ1n) is 9.19. The Hall–Kier alpha value is -3.57. The Morgan fingerprint density at radius 1 is 0.964 bits per heavy atom. The fourth-order valence-electron chi connectivity index (χ4n) is 3.33. The SMILES string of the molecule is NCCc1ccc(N=C(c2ccccc2)c2c(O)[nH]c3ccc(N)cc23)cc1. The van der Waals surface area contributed by atoms with Crippen LogP contribution in [0.2, 0.25) is 0 Å². The van der Waals surface area contributed by atoms with E-state index in [1.54, 1.807) is 6.07 Å². The second-order valence-corrected chi connectivity index (χ2v) is 6.69. The lowest BCUT2D eigenvalue weighted by Crippen LogP contribution is -2.03. The van der Waals surface area contributed by atoms with Crippen LogP contribution in [0.1, 0.15) is 16.7 Å². The average molecular weight is 370 g/mol. The van der Waals surface area contributed by atoms with Crippen molar-refractivity contribution in [3.8, 4) is 5.88 Å². The molecule has 0 atom stereocenters. The summed E-state index contributed by atoms with van der Waals surface area (Å²) < 4.78 is 0. The van der Waals surface area contributed by atoms with Crippen LogP contribution < -0.4 is 11.5 Å². The number of hydrogen-bond donors (Lipinski definition) is 4. The van der Waals surface area contributed by atoms with Crippen molar-refractivity contribution < 1.29 is 5.11 Å². The molecule has 5 nitrogen and oxygen atoms in total. The van der Waals surface area contributed by atoms with Crippen LogP contribution in [0.5, 0.6) is 5.88 Å². The predicted molar refractivity (Wildman–Crippen MR) is 115 cm³/mol. The number of aromatic nitrogens is 1. The molecule has 3 aromatic carbocycles. The monoisotopic (exact) mass is 370 g/mol. The van der Waals surface area contributed by atoms with Crippen LogP contribution >= 0.6 is 0 Å². The third kappa shape index (κ3) is 3.48. The standard InChI is InChI=1S/C23H22N4O/c24-13-12-15-6-9-18(10-7-15)26-22(16-4-2-1-3-5-16)21-19-14-17(25)8-11-20(19)27-23(21)28/h1-11,14,27-28H,12-13,24-25H2. The van der Waals surface area contributed by atoms with Gasteiger partial charge in [0.05, 0.1) is 17.0 Å². The Balaban J connectivity index is 1.90. The van der Waals surface area contributed by atoms with E-state index >= 15 is 0 Å². The Kier molecular flexibility index (Phi) is 4.83. The second-order valence-electron chi connectivity index (χ2n) is 6.69. The van der Waals surface area contributed by atoms with E-state index in [1.807, 2.05) is 66.7 Å². The van der Waals surface area contributed by atoms with E-state index in [-0.39, 0.29) is 5.88 Å². The van der Waals surface area contributed by atoms with E-state index in [1.165, 1.54) is 5.56 Å². The van der Waals surface area contributed by atoms with Crippen LogP contribution in [0, 0.1) is 0 Å². The quantitative estimate of drug-likeness (QED) is 0.314. The van der Waals surface area contributed by atoms with Gasteiger partial charge in [-0.25, -0.2) is 4.99 Å². The lowest BCUT2D eigenvalue weighted by atomic mass is 10.0. The molecule has 0 fully saturated rings. The second kappa shape index (κ2) is 7.58. The van der Waals surface area contributed by atoms with Crippen LogP contribution in [0.4, 0.5) is 11.4 Å². The summed E-state index contributed by atoms with van der Waals surface area (Å²) in [4.78, 5) is 7.90. The minimum absolute atomic E-state index is 0.0722. The van der Waals surface area contributed by atoms with Crippen molar-refractivity contribution in [3.05, 3.63) is 89.5 Å². The highest BCUT2D eigenvalue weighted by molar-refractivity contribution is 6.22. The molecular formula is C23H22N4O. The van der Waals surface area contributed by atoms with Gasteiger partial charge in [0, 0.05) is 22.2 Å². The summed E-state index contributed by atoms with van der Waals surface area (Å²) in [6.07, 6.45) is 0.831. The molecule has 140 valence electrons. The first kappa shape index (κ1) is 17.8. The maximum absolute atomic E-state index is 10.7. The Morgan fingerprint density at radius 3 is 2.43 bits per heavy atom. The molecule has 0 aliphatic rings. The van der Waals surface area contributed by atoms with Crippen molar-refractivity contribution in [3.63, 3.8) is 0 Å².